The van der Waals surface area contributed by atoms with Crippen LogP contribution in [0.5, 0.6) is 0 Å². The molecule has 3 nitrogen and oxygen atoms in total. The predicted octanol–water partition coefficient (Wildman–Crippen LogP) is 2.14. The Morgan fingerprint density at radius 3 is 2.41 bits per heavy atom. The number of hydrogen-bond acceptors (Lipinski definition) is 2. The van der Waals surface area contributed by atoms with Crippen molar-refractivity contribution in [2.45, 2.75) is 39.2 Å². The summed E-state index contributed by atoms with van der Waals surface area (Å²) in [6.45, 7) is 4.19. The molecule has 3 heteroatoms. The van der Waals surface area contributed by atoms with Gasteiger partial charge in [0.25, 0.3) is 5.91 Å². The van der Waals surface area contributed by atoms with Crippen LogP contribution in [0.1, 0.15) is 42.6 Å². The summed E-state index contributed by atoms with van der Waals surface area (Å²) in [7, 11) is 0. The van der Waals surface area contributed by atoms with E-state index in [2.05, 4.69) is 12.2 Å². The van der Waals surface area contributed by atoms with Crippen molar-refractivity contribution in [2.75, 3.05) is 6.61 Å². The molecule has 1 atom stereocenters. The second kappa shape index (κ2) is 7.07. The second-order valence-corrected chi connectivity index (χ2v) is 4.14. The normalized spacial score (nSPS) is 12.2. The minimum absolute atomic E-state index is 0.0540. The molecule has 0 aliphatic heterocycles. The molecule has 1 amide bonds. The quantitative estimate of drug-likeness (QED) is 0.793. The van der Waals surface area contributed by atoms with Crippen LogP contribution in [-0.4, -0.2) is 23.7 Å². The molecule has 0 heterocycles. The maximum Gasteiger partial charge on any atom is 0.251 e. The molecule has 2 N–H and O–H groups in total. The topological polar surface area (TPSA) is 49.3 Å². The van der Waals surface area contributed by atoms with Gasteiger partial charge in [-0.25, -0.2) is 0 Å². The third kappa shape index (κ3) is 4.19. The Balaban J connectivity index is 2.62. The first kappa shape index (κ1) is 13.7. The lowest BCUT2D eigenvalue weighted by Gasteiger charge is -2.15. The fourth-order valence-electron chi connectivity index (χ4n) is 1.69. The number of aliphatic hydroxyl groups is 1. The van der Waals surface area contributed by atoms with E-state index >= 15 is 0 Å². The van der Waals surface area contributed by atoms with Gasteiger partial charge in [-0.3, -0.25) is 4.79 Å². The SMILES string of the molecule is CCc1ccc(C(=O)NC(CC)CCO)cc1. The van der Waals surface area contributed by atoms with Crippen LogP contribution in [0.3, 0.4) is 0 Å². The van der Waals surface area contributed by atoms with Crippen LogP contribution < -0.4 is 5.32 Å². The highest BCUT2D eigenvalue weighted by Gasteiger charge is 2.11. The summed E-state index contributed by atoms with van der Waals surface area (Å²) < 4.78 is 0. The number of nitrogens with one attached hydrogen (secondary N) is 1. The van der Waals surface area contributed by atoms with Crippen LogP contribution in [0.25, 0.3) is 0 Å². The molecule has 0 fully saturated rings. The average molecular weight is 235 g/mol. The highest BCUT2D eigenvalue weighted by Crippen LogP contribution is 2.06. The average Bonchev–Trinajstić information content (AvgIpc) is 2.38. The molecule has 0 spiro atoms. The summed E-state index contributed by atoms with van der Waals surface area (Å²) in [5.74, 6) is -0.0621. The van der Waals surface area contributed by atoms with Crippen molar-refractivity contribution in [3.8, 4) is 0 Å². The Morgan fingerprint density at radius 2 is 1.94 bits per heavy atom. The Bertz CT molecular complexity index is 346. The maximum absolute atomic E-state index is 11.9. The highest BCUT2D eigenvalue weighted by atomic mass is 16.3. The molecule has 0 aromatic heterocycles. The van der Waals surface area contributed by atoms with Crippen molar-refractivity contribution in [1.82, 2.24) is 5.32 Å². The number of amides is 1. The number of rotatable bonds is 6. The van der Waals surface area contributed by atoms with Crippen molar-refractivity contribution in [1.29, 1.82) is 0 Å². The molecule has 1 rings (SSSR count). The monoisotopic (exact) mass is 235 g/mol. The Labute approximate surface area is 103 Å². The zero-order chi connectivity index (χ0) is 12.7. The lowest BCUT2D eigenvalue weighted by Crippen LogP contribution is -2.35. The van der Waals surface area contributed by atoms with E-state index in [4.69, 9.17) is 5.11 Å². The van der Waals surface area contributed by atoms with E-state index in [-0.39, 0.29) is 18.6 Å². The lowest BCUT2D eigenvalue weighted by molar-refractivity contribution is 0.0929. The van der Waals surface area contributed by atoms with E-state index in [1.54, 1.807) is 0 Å². The van der Waals surface area contributed by atoms with E-state index in [9.17, 15) is 4.79 Å². The predicted molar refractivity (Wildman–Crippen MR) is 69.1 cm³/mol. The van der Waals surface area contributed by atoms with Crippen LogP contribution in [0, 0.1) is 0 Å². The third-order valence-electron chi connectivity index (χ3n) is 2.93. The van der Waals surface area contributed by atoms with Crippen LogP contribution in [0.4, 0.5) is 0 Å². The fourth-order valence-corrected chi connectivity index (χ4v) is 1.69. The molecule has 17 heavy (non-hydrogen) atoms. The molecule has 0 saturated carbocycles. The summed E-state index contributed by atoms with van der Waals surface area (Å²) in [5.41, 5.74) is 1.91. The third-order valence-corrected chi connectivity index (χ3v) is 2.93. The van der Waals surface area contributed by atoms with E-state index in [1.165, 1.54) is 5.56 Å². The number of carbonyl (C=O) groups excluding carboxylic acids is 1. The van der Waals surface area contributed by atoms with E-state index in [1.807, 2.05) is 31.2 Å². The van der Waals surface area contributed by atoms with E-state index in [0.717, 1.165) is 12.8 Å². The summed E-state index contributed by atoms with van der Waals surface area (Å²) in [6, 6.07) is 7.70. The van der Waals surface area contributed by atoms with Gasteiger partial charge in [-0.15, -0.1) is 0 Å². The van der Waals surface area contributed by atoms with Crippen LogP contribution in [0.2, 0.25) is 0 Å². The maximum atomic E-state index is 11.9. The second-order valence-electron chi connectivity index (χ2n) is 4.14. The highest BCUT2D eigenvalue weighted by molar-refractivity contribution is 5.94. The molecule has 0 aliphatic rings. The molecule has 94 valence electrons. The molecule has 0 radical (unpaired) electrons. The molecule has 0 saturated heterocycles. The van der Waals surface area contributed by atoms with Gasteiger partial charge in [0.15, 0.2) is 0 Å². The van der Waals surface area contributed by atoms with Gasteiger partial charge >= 0.3 is 0 Å². The fraction of sp³-hybridized carbons (Fsp3) is 0.500. The van der Waals surface area contributed by atoms with Crippen LogP contribution in [-0.2, 0) is 6.42 Å². The molecule has 0 bridgehead atoms. The minimum atomic E-state index is -0.0621. The van der Waals surface area contributed by atoms with Gasteiger partial charge in [0, 0.05) is 18.2 Å². The Morgan fingerprint density at radius 1 is 1.29 bits per heavy atom. The first-order valence-electron chi connectivity index (χ1n) is 6.21. The molecule has 0 aliphatic carbocycles. The Kier molecular flexibility index (Phi) is 5.70. The smallest absolute Gasteiger partial charge is 0.251 e. The Hall–Kier alpha value is -1.35. The number of benzene rings is 1. The van der Waals surface area contributed by atoms with Gasteiger partial charge in [0.2, 0.25) is 0 Å². The van der Waals surface area contributed by atoms with E-state index in [0.29, 0.717) is 12.0 Å². The summed E-state index contributed by atoms with van der Waals surface area (Å²) in [4.78, 5) is 11.9. The van der Waals surface area contributed by atoms with Gasteiger partial charge in [-0.1, -0.05) is 26.0 Å². The zero-order valence-corrected chi connectivity index (χ0v) is 10.6. The first-order valence-corrected chi connectivity index (χ1v) is 6.21. The summed E-state index contributed by atoms with van der Waals surface area (Å²) >= 11 is 0. The van der Waals surface area contributed by atoms with Crippen LogP contribution in [0.15, 0.2) is 24.3 Å². The molecular weight excluding hydrogens is 214 g/mol. The van der Waals surface area contributed by atoms with Crippen molar-refractivity contribution in [3.63, 3.8) is 0 Å². The standard InChI is InChI=1S/C14H21NO2/c1-3-11-5-7-12(8-6-11)14(17)15-13(4-2)9-10-16/h5-8,13,16H,3-4,9-10H2,1-2H3,(H,15,17). The summed E-state index contributed by atoms with van der Waals surface area (Å²) in [6.07, 6.45) is 2.42. The minimum Gasteiger partial charge on any atom is -0.396 e. The molecule has 1 aromatic rings. The number of aryl methyl sites for hydroxylation is 1. The van der Waals surface area contributed by atoms with Gasteiger partial charge in [-0.2, -0.15) is 0 Å². The molecular formula is C14H21NO2. The van der Waals surface area contributed by atoms with Crippen molar-refractivity contribution >= 4 is 5.91 Å². The van der Waals surface area contributed by atoms with Crippen molar-refractivity contribution < 1.29 is 9.90 Å². The van der Waals surface area contributed by atoms with Gasteiger partial charge in [-0.05, 0) is 37.0 Å². The van der Waals surface area contributed by atoms with Gasteiger partial charge < -0.3 is 10.4 Å². The summed E-state index contributed by atoms with van der Waals surface area (Å²) in [5, 5.41) is 11.8. The van der Waals surface area contributed by atoms with Gasteiger partial charge in [0.05, 0.1) is 0 Å². The largest absolute Gasteiger partial charge is 0.396 e. The lowest BCUT2D eigenvalue weighted by atomic mass is 10.1. The van der Waals surface area contributed by atoms with Crippen molar-refractivity contribution in [2.24, 2.45) is 0 Å². The number of aliphatic hydroxyl groups excluding tert-OH is 1. The molecule has 1 unspecified atom stereocenters. The molecule has 1 aromatic carbocycles. The first-order chi connectivity index (χ1) is 8.21. The zero-order valence-electron chi connectivity index (χ0n) is 10.6. The van der Waals surface area contributed by atoms with Crippen molar-refractivity contribution in [3.05, 3.63) is 35.4 Å². The van der Waals surface area contributed by atoms with Gasteiger partial charge in [0.1, 0.15) is 0 Å². The van der Waals surface area contributed by atoms with E-state index < -0.39 is 0 Å². The number of hydrogen-bond donors (Lipinski definition) is 2. The van der Waals surface area contributed by atoms with Crippen LogP contribution >= 0.6 is 0 Å². The number of carbonyl (C=O) groups is 1.